The van der Waals surface area contributed by atoms with Crippen LogP contribution in [0.3, 0.4) is 0 Å². The van der Waals surface area contributed by atoms with Crippen molar-refractivity contribution in [3.05, 3.63) is 48.5 Å². The van der Waals surface area contributed by atoms with Crippen LogP contribution in [-0.4, -0.2) is 17.0 Å². The van der Waals surface area contributed by atoms with Crippen molar-refractivity contribution in [3.63, 3.8) is 0 Å². The van der Waals surface area contributed by atoms with Crippen molar-refractivity contribution < 1.29 is 4.74 Å². The largest absolute Gasteiger partial charge is 0.438 e. The van der Waals surface area contributed by atoms with Crippen LogP contribution in [0.1, 0.15) is 0 Å². The van der Waals surface area contributed by atoms with E-state index >= 15 is 0 Å². The lowest BCUT2D eigenvalue weighted by molar-refractivity contribution is 0.468. The number of rotatable bonds is 3. The number of anilines is 2. The number of hydrogen-bond acceptors (Lipinski definition) is 5. The highest BCUT2D eigenvalue weighted by atomic mass is 16.5. The SMILES string of the molecule is CNc1cc(Oc2cccc3ccccc23)nc(N)n1. The Hall–Kier alpha value is -2.82. The molecule has 0 bridgehead atoms. The van der Waals surface area contributed by atoms with Gasteiger partial charge in [0.25, 0.3) is 0 Å². The second kappa shape index (κ2) is 5.05. The molecule has 0 aliphatic carbocycles. The summed E-state index contributed by atoms with van der Waals surface area (Å²) in [7, 11) is 1.77. The molecule has 0 saturated carbocycles. The van der Waals surface area contributed by atoms with Crippen molar-refractivity contribution in [1.82, 2.24) is 9.97 Å². The lowest BCUT2D eigenvalue weighted by Gasteiger charge is -2.09. The van der Waals surface area contributed by atoms with Crippen molar-refractivity contribution in [3.8, 4) is 11.6 Å². The van der Waals surface area contributed by atoms with Crippen LogP contribution in [0.4, 0.5) is 11.8 Å². The zero-order chi connectivity index (χ0) is 13.9. The molecule has 0 unspecified atom stereocenters. The minimum absolute atomic E-state index is 0.173. The molecule has 5 heteroatoms. The van der Waals surface area contributed by atoms with Gasteiger partial charge in [0.1, 0.15) is 11.6 Å². The van der Waals surface area contributed by atoms with E-state index in [0.29, 0.717) is 11.7 Å². The van der Waals surface area contributed by atoms with E-state index in [-0.39, 0.29) is 5.95 Å². The van der Waals surface area contributed by atoms with Gasteiger partial charge in [-0.25, -0.2) is 0 Å². The highest BCUT2D eigenvalue weighted by Crippen LogP contribution is 2.29. The molecule has 0 spiro atoms. The van der Waals surface area contributed by atoms with Crippen LogP contribution in [0.15, 0.2) is 48.5 Å². The average Bonchev–Trinajstić information content (AvgIpc) is 2.47. The fourth-order valence-corrected chi connectivity index (χ4v) is 2.02. The van der Waals surface area contributed by atoms with Gasteiger partial charge in [-0.05, 0) is 11.5 Å². The van der Waals surface area contributed by atoms with Crippen molar-refractivity contribution in [2.24, 2.45) is 0 Å². The Bertz CT molecular complexity index is 752. The molecule has 0 atom stereocenters. The highest BCUT2D eigenvalue weighted by molar-refractivity contribution is 5.88. The first-order chi connectivity index (χ1) is 9.76. The summed E-state index contributed by atoms with van der Waals surface area (Å²) < 4.78 is 5.84. The van der Waals surface area contributed by atoms with E-state index in [1.165, 1.54) is 0 Å². The maximum atomic E-state index is 5.84. The Balaban J connectivity index is 2.03. The van der Waals surface area contributed by atoms with Crippen LogP contribution in [0.5, 0.6) is 11.6 Å². The normalized spacial score (nSPS) is 10.4. The maximum absolute atomic E-state index is 5.84. The van der Waals surface area contributed by atoms with Gasteiger partial charge in [0.15, 0.2) is 0 Å². The summed E-state index contributed by atoms with van der Waals surface area (Å²) in [5.41, 5.74) is 5.66. The lowest BCUT2D eigenvalue weighted by atomic mass is 10.1. The Labute approximate surface area is 116 Å². The van der Waals surface area contributed by atoms with Gasteiger partial charge < -0.3 is 15.8 Å². The first-order valence-electron chi connectivity index (χ1n) is 6.24. The summed E-state index contributed by atoms with van der Waals surface area (Å²) in [6, 6.07) is 15.6. The van der Waals surface area contributed by atoms with E-state index in [0.717, 1.165) is 16.5 Å². The molecular formula is C15H14N4O. The van der Waals surface area contributed by atoms with Crippen LogP contribution in [0.2, 0.25) is 0 Å². The number of benzene rings is 2. The van der Waals surface area contributed by atoms with Gasteiger partial charge in [0.2, 0.25) is 11.8 Å². The number of aromatic nitrogens is 2. The molecule has 2 aromatic carbocycles. The molecule has 5 nitrogen and oxygen atoms in total. The van der Waals surface area contributed by atoms with E-state index in [4.69, 9.17) is 10.5 Å². The summed E-state index contributed by atoms with van der Waals surface area (Å²) >= 11 is 0. The molecule has 3 aromatic rings. The van der Waals surface area contributed by atoms with E-state index in [9.17, 15) is 0 Å². The topological polar surface area (TPSA) is 73.1 Å². The smallest absolute Gasteiger partial charge is 0.226 e. The van der Waals surface area contributed by atoms with Crippen molar-refractivity contribution in [2.75, 3.05) is 18.1 Å². The molecule has 0 fully saturated rings. The molecule has 20 heavy (non-hydrogen) atoms. The van der Waals surface area contributed by atoms with E-state index in [1.54, 1.807) is 13.1 Å². The monoisotopic (exact) mass is 266 g/mol. The van der Waals surface area contributed by atoms with Gasteiger partial charge in [-0.3, -0.25) is 0 Å². The van der Waals surface area contributed by atoms with E-state index < -0.39 is 0 Å². The molecule has 0 amide bonds. The van der Waals surface area contributed by atoms with Gasteiger partial charge in [0.05, 0.1) is 0 Å². The Morgan fingerprint density at radius 1 is 1.05 bits per heavy atom. The fraction of sp³-hybridized carbons (Fsp3) is 0.0667. The summed E-state index contributed by atoms with van der Waals surface area (Å²) in [6.45, 7) is 0. The lowest BCUT2D eigenvalue weighted by Crippen LogP contribution is -2.01. The summed E-state index contributed by atoms with van der Waals surface area (Å²) in [4.78, 5) is 8.12. The predicted octanol–water partition coefficient (Wildman–Crippen LogP) is 3.05. The predicted molar refractivity (Wildman–Crippen MR) is 80.0 cm³/mol. The Morgan fingerprint density at radius 2 is 1.85 bits per heavy atom. The molecule has 100 valence electrons. The molecule has 3 N–H and O–H groups in total. The molecule has 0 radical (unpaired) electrons. The van der Waals surface area contributed by atoms with Gasteiger partial charge in [-0.1, -0.05) is 36.4 Å². The van der Waals surface area contributed by atoms with Gasteiger partial charge in [-0.15, -0.1) is 0 Å². The van der Waals surface area contributed by atoms with E-state index in [2.05, 4.69) is 15.3 Å². The highest BCUT2D eigenvalue weighted by Gasteiger charge is 2.06. The van der Waals surface area contributed by atoms with Gasteiger partial charge >= 0.3 is 0 Å². The van der Waals surface area contributed by atoms with Crippen LogP contribution >= 0.6 is 0 Å². The molecular weight excluding hydrogens is 252 g/mol. The number of nitrogens with zero attached hydrogens (tertiary/aromatic N) is 2. The number of nitrogens with one attached hydrogen (secondary N) is 1. The van der Waals surface area contributed by atoms with E-state index in [1.807, 2.05) is 42.5 Å². The number of fused-ring (bicyclic) bond motifs is 1. The molecule has 0 aliphatic heterocycles. The van der Waals surface area contributed by atoms with Crippen molar-refractivity contribution in [1.29, 1.82) is 0 Å². The van der Waals surface area contributed by atoms with Gasteiger partial charge in [0, 0.05) is 18.5 Å². The zero-order valence-electron chi connectivity index (χ0n) is 11.0. The van der Waals surface area contributed by atoms with Crippen molar-refractivity contribution in [2.45, 2.75) is 0 Å². The number of nitrogen functional groups attached to an aromatic ring is 1. The molecule has 1 aromatic heterocycles. The maximum Gasteiger partial charge on any atom is 0.226 e. The Kier molecular flexibility index (Phi) is 3.09. The third-order valence-electron chi connectivity index (χ3n) is 2.94. The van der Waals surface area contributed by atoms with Crippen LogP contribution in [-0.2, 0) is 0 Å². The zero-order valence-corrected chi connectivity index (χ0v) is 11.0. The third-order valence-corrected chi connectivity index (χ3v) is 2.94. The number of hydrogen-bond donors (Lipinski definition) is 2. The number of nitrogens with two attached hydrogens (primary N) is 1. The van der Waals surface area contributed by atoms with Crippen LogP contribution in [0, 0.1) is 0 Å². The summed E-state index contributed by atoms with van der Waals surface area (Å²) in [5, 5.41) is 5.06. The van der Waals surface area contributed by atoms with Crippen LogP contribution < -0.4 is 15.8 Å². The van der Waals surface area contributed by atoms with Crippen LogP contribution in [0.25, 0.3) is 10.8 Å². The van der Waals surface area contributed by atoms with Crippen molar-refractivity contribution >= 4 is 22.5 Å². The second-order valence-electron chi connectivity index (χ2n) is 4.28. The quantitative estimate of drug-likeness (QED) is 0.762. The minimum Gasteiger partial charge on any atom is -0.438 e. The molecule has 3 rings (SSSR count). The third kappa shape index (κ3) is 2.33. The summed E-state index contributed by atoms with van der Waals surface area (Å²) in [5.74, 6) is 1.95. The van der Waals surface area contributed by atoms with Gasteiger partial charge in [-0.2, -0.15) is 9.97 Å². The molecule has 0 saturated heterocycles. The average molecular weight is 266 g/mol. The number of ether oxygens (including phenoxy) is 1. The fourth-order valence-electron chi connectivity index (χ4n) is 2.02. The molecule has 0 aliphatic rings. The molecule has 1 heterocycles. The standard InChI is InChI=1S/C15H14N4O/c1-17-13-9-14(19-15(16)18-13)20-12-8-4-6-10-5-2-3-7-11(10)12/h2-9H,1H3,(H3,16,17,18,19). The first kappa shape index (κ1) is 12.2. The second-order valence-corrected chi connectivity index (χ2v) is 4.28. The Morgan fingerprint density at radius 3 is 2.70 bits per heavy atom. The summed E-state index contributed by atoms with van der Waals surface area (Å²) in [6.07, 6.45) is 0. The first-order valence-corrected chi connectivity index (χ1v) is 6.24. The minimum atomic E-state index is 0.173.